The Balaban J connectivity index is 1.68. The third-order valence-electron chi connectivity index (χ3n) is 4.76. The average Bonchev–Trinajstić information content (AvgIpc) is 2.92. The molecule has 3 rings (SSSR count). The highest BCUT2D eigenvalue weighted by Gasteiger charge is 2.27. The van der Waals surface area contributed by atoms with Crippen LogP contribution in [0.2, 0.25) is 0 Å². The van der Waals surface area contributed by atoms with Gasteiger partial charge in [0, 0.05) is 44.4 Å². The summed E-state index contributed by atoms with van der Waals surface area (Å²) < 4.78 is 0. The molecule has 0 saturated carbocycles. The van der Waals surface area contributed by atoms with Gasteiger partial charge in [0.1, 0.15) is 0 Å². The van der Waals surface area contributed by atoms with Crippen LogP contribution in [0, 0.1) is 0 Å². The maximum atomic E-state index is 12.7. The number of anilines is 1. The Morgan fingerprint density at radius 2 is 1.96 bits per heavy atom. The van der Waals surface area contributed by atoms with Crippen molar-refractivity contribution in [3.63, 3.8) is 0 Å². The van der Waals surface area contributed by atoms with Crippen molar-refractivity contribution in [2.45, 2.75) is 32.2 Å². The summed E-state index contributed by atoms with van der Waals surface area (Å²) in [6.07, 6.45) is 1.93. The fourth-order valence-electron chi connectivity index (χ4n) is 3.30. The number of rotatable bonds is 2. The van der Waals surface area contributed by atoms with Crippen molar-refractivity contribution in [3.8, 4) is 0 Å². The third-order valence-corrected chi connectivity index (χ3v) is 4.76. The zero-order chi connectivity index (χ0) is 16.6. The second kappa shape index (κ2) is 6.02. The van der Waals surface area contributed by atoms with Crippen molar-refractivity contribution in [1.82, 2.24) is 9.80 Å². The van der Waals surface area contributed by atoms with E-state index in [4.69, 9.17) is 0 Å². The van der Waals surface area contributed by atoms with Crippen molar-refractivity contribution in [2.24, 2.45) is 0 Å². The van der Waals surface area contributed by atoms with E-state index < -0.39 is 0 Å². The van der Waals surface area contributed by atoms with Gasteiger partial charge in [-0.3, -0.25) is 14.4 Å². The van der Waals surface area contributed by atoms with Gasteiger partial charge in [0.2, 0.25) is 11.8 Å². The predicted octanol–water partition coefficient (Wildman–Crippen LogP) is 1.26. The number of benzene rings is 1. The first-order valence-corrected chi connectivity index (χ1v) is 7.91. The molecule has 1 fully saturated rings. The Kier molecular flexibility index (Phi) is 4.07. The quantitative estimate of drug-likeness (QED) is 0.893. The highest BCUT2D eigenvalue weighted by Crippen LogP contribution is 2.25. The molecule has 0 unspecified atom stereocenters. The largest absolute Gasteiger partial charge is 0.343 e. The van der Waals surface area contributed by atoms with Crippen LogP contribution in [0.1, 0.15) is 35.7 Å². The minimum absolute atomic E-state index is 0.0328. The molecule has 0 aromatic heterocycles. The molecule has 0 aliphatic carbocycles. The Morgan fingerprint density at radius 1 is 1.26 bits per heavy atom. The molecule has 3 amide bonds. The second-order valence-electron chi connectivity index (χ2n) is 6.25. The molecule has 2 heterocycles. The molecule has 1 aromatic carbocycles. The lowest BCUT2D eigenvalue weighted by Gasteiger charge is -2.36. The molecule has 1 aromatic rings. The van der Waals surface area contributed by atoms with E-state index in [1.54, 1.807) is 30.0 Å². The van der Waals surface area contributed by atoms with Crippen molar-refractivity contribution < 1.29 is 14.4 Å². The van der Waals surface area contributed by atoms with Crippen LogP contribution in [-0.4, -0.2) is 53.7 Å². The molecule has 6 heteroatoms. The molecule has 0 radical (unpaired) electrons. The average molecular weight is 315 g/mol. The van der Waals surface area contributed by atoms with E-state index in [-0.39, 0.29) is 23.8 Å². The summed E-state index contributed by atoms with van der Waals surface area (Å²) in [5.74, 6) is 0.0243. The number of carbonyl (C=O) groups excluding carboxylic acids is 3. The van der Waals surface area contributed by atoms with Gasteiger partial charge in [-0.1, -0.05) is 0 Å². The molecule has 2 aliphatic rings. The summed E-state index contributed by atoms with van der Waals surface area (Å²) in [7, 11) is 1.81. The highest BCUT2D eigenvalue weighted by atomic mass is 16.2. The van der Waals surface area contributed by atoms with Crippen LogP contribution in [0.25, 0.3) is 0 Å². The van der Waals surface area contributed by atoms with Crippen LogP contribution in [-0.2, 0) is 16.0 Å². The number of likely N-dealkylation sites (tertiary alicyclic amines) is 1. The van der Waals surface area contributed by atoms with Crippen LogP contribution >= 0.6 is 0 Å². The van der Waals surface area contributed by atoms with Gasteiger partial charge in [0.15, 0.2) is 0 Å². The third kappa shape index (κ3) is 3.06. The fourth-order valence-corrected chi connectivity index (χ4v) is 3.30. The molecule has 1 N–H and O–H groups in total. The van der Waals surface area contributed by atoms with Gasteiger partial charge in [-0.15, -0.1) is 0 Å². The molecule has 6 nitrogen and oxygen atoms in total. The number of nitrogens with one attached hydrogen (secondary N) is 1. The van der Waals surface area contributed by atoms with Crippen molar-refractivity contribution in [2.75, 3.05) is 25.5 Å². The summed E-state index contributed by atoms with van der Waals surface area (Å²) in [5.41, 5.74) is 2.28. The van der Waals surface area contributed by atoms with Gasteiger partial charge >= 0.3 is 0 Å². The molecular weight excluding hydrogens is 294 g/mol. The maximum Gasteiger partial charge on any atom is 0.253 e. The van der Waals surface area contributed by atoms with E-state index in [0.717, 1.165) is 24.1 Å². The van der Waals surface area contributed by atoms with Crippen LogP contribution < -0.4 is 5.32 Å². The van der Waals surface area contributed by atoms with Crippen LogP contribution in [0.5, 0.6) is 0 Å². The molecule has 122 valence electrons. The van der Waals surface area contributed by atoms with E-state index in [9.17, 15) is 14.4 Å². The number of fused-ring (bicyclic) bond motifs is 1. The lowest BCUT2D eigenvalue weighted by atomic mass is 10.0. The van der Waals surface area contributed by atoms with E-state index in [0.29, 0.717) is 25.1 Å². The molecule has 0 atom stereocenters. The molecule has 2 aliphatic heterocycles. The van der Waals surface area contributed by atoms with Crippen molar-refractivity contribution >= 4 is 23.4 Å². The zero-order valence-electron chi connectivity index (χ0n) is 13.5. The summed E-state index contributed by atoms with van der Waals surface area (Å²) >= 11 is 0. The first-order chi connectivity index (χ1) is 11.0. The summed E-state index contributed by atoms with van der Waals surface area (Å²) in [6, 6.07) is 5.50. The number of nitrogens with zero attached hydrogens (tertiary/aromatic N) is 2. The second-order valence-corrected chi connectivity index (χ2v) is 6.25. The Hall–Kier alpha value is -2.37. The van der Waals surface area contributed by atoms with Gasteiger partial charge in [-0.05, 0) is 36.6 Å². The monoisotopic (exact) mass is 315 g/mol. The molecular formula is C17H21N3O3. The number of carbonyl (C=O) groups is 3. The van der Waals surface area contributed by atoms with Gasteiger partial charge in [0.05, 0.1) is 6.42 Å². The standard InChI is InChI=1S/C17H21N3O3/c1-11(21)20-7-5-14(6-8-20)19(2)17(23)12-3-4-15-13(9-12)10-16(22)18-15/h3-4,9,14H,5-8,10H2,1-2H3,(H,18,22). The number of amides is 3. The summed E-state index contributed by atoms with van der Waals surface area (Å²) in [5, 5.41) is 2.77. The molecule has 0 bridgehead atoms. The lowest BCUT2D eigenvalue weighted by molar-refractivity contribution is -0.130. The Morgan fingerprint density at radius 3 is 2.61 bits per heavy atom. The van der Waals surface area contributed by atoms with Gasteiger partial charge in [-0.25, -0.2) is 0 Å². The van der Waals surface area contributed by atoms with Crippen molar-refractivity contribution in [1.29, 1.82) is 0 Å². The number of hydrogen-bond donors (Lipinski definition) is 1. The Labute approximate surface area is 135 Å². The van der Waals surface area contributed by atoms with E-state index in [2.05, 4.69) is 5.32 Å². The first kappa shape index (κ1) is 15.5. The van der Waals surface area contributed by atoms with E-state index in [1.807, 2.05) is 11.9 Å². The lowest BCUT2D eigenvalue weighted by Crippen LogP contribution is -2.46. The van der Waals surface area contributed by atoms with Crippen LogP contribution in [0.4, 0.5) is 5.69 Å². The van der Waals surface area contributed by atoms with Gasteiger partial charge in [-0.2, -0.15) is 0 Å². The minimum Gasteiger partial charge on any atom is -0.343 e. The fraction of sp³-hybridized carbons (Fsp3) is 0.471. The SMILES string of the molecule is CC(=O)N1CCC(N(C)C(=O)c2ccc3c(c2)CC(=O)N3)CC1. The van der Waals surface area contributed by atoms with E-state index in [1.165, 1.54) is 0 Å². The topological polar surface area (TPSA) is 69.7 Å². The smallest absolute Gasteiger partial charge is 0.253 e. The van der Waals surface area contributed by atoms with Gasteiger partial charge < -0.3 is 15.1 Å². The molecule has 1 saturated heterocycles. The van der Waals surface area contributed by atoms with E-state index >= 15 is 0 Å². The van der Waals surface area contributed by atoms with Gasteiger partial charge in [0.25, 0.3) is 5.91 Å². The van der Waals surface area contributed by atoms with Crippen LogP contribution in [0.15, 0.2) is 18.2 Å². The predicted molar refractivity (Wildman–Crippen MR) is 86.1 cm³/mol. The zero-order valence-corrected chi connectivity index (χ0v) is 13.5. The highest BCUT2D eigenvalue weighted by molar-refractivity contribution is 6.01. The van der Waals surface area contributed by atoms with Crippen LogP contribution in [0.3, 0.4) is 0 Å². The molecule has 23 heavy (non-hydrogen) atoms. The Bertz CT molecular complexity index is 663. The molecule has 0 spiro atoms. The summed E-state index contributed by atoms with van der Waals surface area (Å²) in [4.78, 5) is 39.1. The van der Waals surface area contributed by atoms with Crippen molar-refractivity contribution in [3.05, 3.63) is 29.3 Å². The normalized spacial score (nSPS) is 17.7. The first-order valence-electron chi connectivity index (χ1n) is 7.91. The summed E-state index contributed by atoms with van der Waals surface area (Å²) in [6.45, 7) is 2.97. The number of piperidine rings is 1. The minimum atomic E-state index is -0.0339. The number of hydrogen-bond acceptors (Lipinski definition) is 3. The maximum absolute atomic E-state index is 12.7.